The molecule has 1 aliphatic carbocycles. The summed E-state index contributed by atoms with van der Waals surface area (Å²) in [5.41, 5.74) is 0. The second-order valence-corrected chi connectivity index (χ2v) is 7.42. The monoisotopic (exact) mass is 360 g/mol. The molecule has 1 aliphatic heterocycles. The van der Waals surface area contributed by atoms with Gasteiger partial charge in [0.05, 0.1) is 6.61 Å². The third-order valence-corrected chi connectivity index (χ3v) is 5.17. The van der Waals surface area contributed by atoms with E-state index in [1.807, 2.05) is 0 Å². The molecular weight excluding hydrogens is 324 g/mol. The van der Waals surface area contributed by atoms with Gasteiger partial charge in [-0.3, -0.25) is 0 Å². The van der Waals surface area contributed by atoms with Crippen LogP contribution in [0.15, 0.2) is 0 Å². The molecule has 0 radical (unpaired) electrons. The largest absolute Gasteiger partial charge is 0.249 e. The topological polar surface area (TPSA) is 66.4 Å². The molecule has 1 saturated carbocycles. The third-order valence-electron chi connectivity index (χ3n) is 5.17. The van der Waals surface area contributed by atoms with E-state index in [0.29, 0.717) is 13.0 Å². The lowest BCUT2D eigenvalue weighted by Gasteiger charge is -2.32. The highest BCUT2D eigenvalue weighted by Crippen LogP contribution is 2.31. The van der Waals surface area contributed by atoms with Crippen molar-refractivity contribution in [2.75, 3.05) is 6.61 Å². The van der Waals surface area contributed by atoms with Gasteiger partial charge in [0, 0.05) is 19.3 Å². The smallest absolute Gasteiger partial charge is 0.234 e. The first-order valence-corrected chi connectivity index (χ1v) is 10.3. The summed E-state index contributed by atoms with van der Waals surface area (Å²) < 4.78 is 0. The van der Waals surface area contributed by atoms with Gasteiger partial charge in [-0.2, -0.15) is 14.7 Å². The molecule has 0 amide bonds. The van der Waals surface area contributed by atoms with Crippen molar-refractivity contribution < 1.29 is 29.7 Å². The van der Waals surface area contributed by atoms with Crippen molar-refractivity contribution in [3.8, 4) is 0 Å². The van der Waals surface area contributed by atoms with Crippen LogP contribution < -0.4 is 0 Å². The van der Waals surface area contributed by atoms with Crippen molar-refractivity contribution in [1.82, 2.24) is 0 Å². The molecule has 1 unspecified atom stereocenters. The Morgan fingerprint density at radius 3 is 1.88 bits per heavy atom. The predicted octanol–water partition coefficient (Wildman–Crippen LogP) is 5.66. The summed E-state index contributed by atoms with van der Waals surface area (Å²) in [6.45, 7) is 0.574. The van der Waals surface area contributed by atoms with Crippen LogP contribution in [0.4, 0.5) is 0 Å². The number of hydrogen-bond acceptors (Lipinski definition) is 6. The highest BCUT2D eigenvalue weighted by Gasteiger charge is 2.36. The molecule has 1 saturated heterocycles. The van der Waals surface area contributed by atoms with E-state index < -0.39 is 12.1 Å². The summed E-state index contributed by atoms with van der Waals surface area (Å²) in [7, 11) is 0. The normalized spacial score (nSPS) is 28.9. The van der Waals surface area contributed by atoms with Crippen LogP contribution in [0.25, 0.3) is 0 Å². The van der Waals surface area contributed by atoms with Gasteiger partial charge in [-0.1, -0.05) is 57.8 Å². The van der Waals surface area contributed by atoms with Crippen LogP contribution in [0, 0.1) is 0 Å². The van der Waals surface area contributed by atoms with Crippen molar-refractivity contribution in [2.24, 2.45) is 0 Å². The molecule has 1 heterocycles. The van der Waals surface area contributed by atoms with Crippen molar-refractivity contribution in [1.29, 1.82) is 0 Å². The first kappa shape index (κ1) is 21.1. The summed E-state index contributed by atoms with van der Waals surface area (Å²) in [5, 5.41) is 9.06. The lowest BCUT2D eigenvalue weighted by molar-refractivity contribution is -0.553. The van der Waals surface area contributed by atoms with Crippen LogP contribution in [0.2, 0.25) is 0 Å². The van der Waals surface area contributed by atoms with E-state index in [0.717, 1.165) is 64.2 Å². The van der Waals surface area contributed by atoms with Gasteiger partial charge in [-0.25, -0.2) is 15.0 Å². The molecule has 0 aromatic rings. The van der Waals surface area contributed by atoms with E-state index >= 15 is 0 Å². The number of hydrogen-bond donors (Lipinski definition) is 1. The summed E-state index contributed by atoms with van der Waals surface area (Å²) in [6, 6.07) is 0. The number of rotatable bonds is 1. The Balaban J connectivity index is 1.98. The minimum atomic E-state index is -0.908. The lowest BCUT2D eigenvalue weighted by Crippen LogP contribution is -2.38. The second kappa shape index (κ2) is 13.0. The van der Waals surface area contributed by atoms with E-state index in [-0.39, 0.29) is 0 Å². The van der Waals surface area contributed by atoms with Crippen LogP contribution in [0.5, 0.6) is 0 Å². The van der Waals surface area contributed by atoms with Gasteiger partial charge in [0.1, 0.15) is 0 Å². The lowest BCUT2D eigenvalue weighted by atomic mass is 9.97. The van der Waals surface area contributed by atoms with Gasteiger partial charge >= 0.3 is 0 Å². The zero-order chi connectivity index (χ0) is 17.6. The molecule has 1 spiro atoms. The fourth-order valence-corrected chi connectivity index (χ4v) is 3.57. The predicted molar refractivity (Wildman–Crippen MR) is 93.3 cm³/mol. The molecule has 1 N–H and O–H groups in total. The summed E-state index contributed by atoms with van der Waals surface area (Å²) in [6.07, 6.45) is 16.1. The van der Waals surface area contributed by atoms with E-state index in [9.17, 15) is 0 Å². The van der Waals surface area contributed by atoms with Gasteiger partial charge in [0.2, 0.25) is 12.1 Å². The maximum absolute atomic E-state index is 9.06. The molecule has 0 aromatic carbocycles. The van der Waals surface area contributed by atoms with E-state index in [2.05, 4.69) is 4.89 Å². The minimum Gasteiger partial charge on any atom is -0.249 e. The molecule has 6 heteroatoms. The van der Waals surface area contributed by atoms with Gasteiger partial charge in [-0.05, 0) is 25.7 Å². The minimum absolute atomic E-state index is 0.574. The first-order valence-electron chi connectivity index (χ1n) is 10.3. The molecule has 6 nitrogen and oxygen atoms in total. The van der Waals surface area contributed by atoms with E-state index in [1.54, 1.807) is 0 Å². The van der Waals surface area contributed by atoms with Gasteiger partial charge in [0.25, 0.3) is 0 Å². The zero-order valence-electron chi connectivity index (χ0n) is 15.6. The van der Waals surface area contributed by atoms with E-state index in [1.165, 1.54) is 32.1 Å². The summed E-state index contributed by atoms with van der Waals surface area (Å²) in [4.78, 5) is 26.8. The van der Waals surface area contributed by atoms with E-state index in [4.69, 9.17) is 24.8 Å². The standard InChI is InChI=1S/C19H36O6/c20-22-18-14-10-6-9-13-17-21-24-19(25-23-18)15-11-7-4-2-1-3-5-8-12-16-19/h18,20H,1-17H2. The van der Waals surface area contributed by atoms with Crippen molar-refractivity contribution in [3.63, 3.8) is 0 Å². The van der Waals surface area contributed by atoms with Crippen LogP contribution in [-0.4, -0.2) is 23.9 Å². The Morgan fingerprint density at radius 1 is 0.680 bits per heavy atom. The highest BCUT2D eigenvalue weighted by atomic mass is 17.3. The molecule has 148 valence electrons. The van der Waals surface area contributed by atoms with Gasteiger partial charge in [0.15, 0.2) is 0 Å². The molecule has 25 heavy (non-hydrogen) atoms. The molecular formula is C19H36O6. The van der Waals surface area contributed by atoms with Gasteiger partial charge in [-0.15, -0.1) is 0 Å². The summed E-state index contributed by atoms with van der Waals surface area (Å²) >= 11 is 0. The fraction of sp³-hybridized carbons (Fsp3) is 1.00. The Labute approximate surface area is 151 Å². The first-order chi connectivity index (χ1) is 12.3. The van der Waals surface area contributed by atoms with Crippen molar-refractivity contribution >= 4 is 0 Å². The molecule has 2 rings (SSSR count). The van der Waals surface area contributed by atoms with Crippen molar-refractivity contribution in [2.45, 2.75) is 115 Å². The molecule has 1 atom stereocenters. The summed E-state index contributed by atoms with van der Waals surface area (Å²) in [5.74, 6) is -0.908. The molecule has 0 bridgehead atoms. The van der Waals surface area contributed by atoms with Crippen LogP contribution >= 0.6 is 0 Å². The average Bonchev–Trinajstić information content (AvgIpc) is 2.61. The highest BCUT2D eigenvalue weighted by molar-refractivity contribution is 4.69. The Hall–Kier alpha value is -0.240. The Morgan fingerprint density at radius 2 is 1.24 bits per heavy atom. The quantitative estimate of drug-likeness (QED) is 0.480. The Kier molecular flexibility index (Phi) is 11.0. The molecule has 2 fully saturated rings. The maximum Gasteiger partial charge on any atom is 0.234 e. The Bertz CT molecular complexity index is 302. The van der Waals surface area contributed by atoms with Crippen molar-refractivity contribution in [3.05, 3.63) is 0 Å². The SMILES string of the molecule is OOC1CCCCCCOOC2(CCCCCCCCCCC2)OO1. The molecule has 0 aromatic heterocycles. The van der Waals surface area contributed by atoms with Crippen LogP contribution in [0.3, 0.4) is 0 Å². The van der Waals surface area contributed by atoms with Crippen LogP contribution in [0.1, 0.15) is 103 Å². The second-order valence-electron chi connectivity index (χ2n) is 7.42. The van der Waals surface area contributed by atoms with Crippen LogP contribution in [-0.2, 0) is 24.4 Å². The van der Waals surface area contributed by atoms with Gasteiger partial charge < -0.3 is 0 Å². The fourth-order valence-electron chi connectivity index (χ4n) is 3.57. The zero-order valence-corrected chi connectivity index (χ0v) is 15.6. The average molecular weight is 360 g/mol. The maximum atomic E-state index is 9.06. The third kappa shape index (κ3) is 8.80. The molecule has 2 aliphatic rings.